The van der Waals surface area contributed by atoms with Crippen molar-refractivity contribution in [3.63, 3.8) is 0 Å². The van der Waals surface area contributed by atoms with Gasteiger partial charge in [0.05, 0.1) is 0 Å². The van der Waals surface area contributed by atoms with Crippen LogP contribution in [-0.2, 0) is 4.79 Å². The third kappa shape index (κ3) is 3.19. The summed E-state index contributed by atoms with van der Waals surface area (Å²) >= 11 is 0. The Morgan fingerprint density at radius 1 is 1.54 bits per heavy atom. The second-order valence-electron chi connectivity index (χ2n) is 3.61. The Morgan fingerprint density at radius 3 is 2.23 bits per heavy atom. The lowest BCUT2D eigenvalue weighted by Crippen LogP contribution is -2.36. The zero-order valence-corrected chi connectivity index (χ0v) is 9.00. The van der Waals surface area contributed by atoms with Gasteiger partial charge in [-0.3, -0.25) is 4.79 Å². The maximum Gasteiger partial charge on any atom is 0.244 e. The van der Waals surface area contributed by atoms with E-state index in [0.717, 1.165) is 6.42 Å². The third-order valence-electron chi connectivity index (χ3n) is 2.60. The van der Waals surface area contributed by atoms with E-state index in [4.69, 9.17) is 5.73 Å². The van der Waals surface area contributed by atoms with Crippen molar-refractivity contribution in [2.75, 3.05) is 14.1 Å². The van der Waals surface area contributed by atoms with Gasteiger partial charge in [-0.05, 0) is 27.4 Å². The van der Waals surface area contributed by atoms with Crippen molar-refractivity contribution in [1.82, 2.24) is 4.90 Å². The molecule has 0 aliphatic heterocycles. The van der Waals surface area contributed by atoms with Gasteiger partial charge in [-0.1, -0.05) is 13.5 Å². The van der Waals surface area contributed by atoms with Crippen molar-refractivity contribution >= 4 is 5.91 Å². The number of carbonyl (C=O) groups excluding carboxylic acids is 1. The molecule has 0 saturated heterocycles. The van der Waals surface area contributed by atoms with Gasteiger partial charge in [0.15, 0.2) is 0 Å². The van der Waals surface area contributed by atoms with Gasteiger partial charge in [0.2, 0.25) is 5.91 Å². The van der Waals surface area contributed by atoms with E-state index < -0.39 is 0 Å². The molecule has 0 bridgehead atoms. The maximum absolute atomic E-state index is 10.9. The Labute approximate surface area is 80.6 Å². The van der Waals surface area contributed by atoms with E-state index in [1.54, 1.807) is 0 Å². The molecule has 2 N–H and O–H groups in total. The Kier molecular flexibility index (Phi) is 4.70. The lowest BCUT2D eigenvalue weighted by Gasteiger charge is -2.28. The number of rotatable bonds is 5. The van der Waals surface area contributed by atoms with Gasteiger partial charge in [-0.25, -0.2) is 0 Å². The van der Waals surface area contributed by atoms with Crippen LogP contribution in [0.2, 0.25) is 0 Å². The summed E-state index contributed by atoms with van der Waals surface area (Å²) in [6, 6.07) is 0.296. The van der Waals surface area contributed by atoms with Crippen LogP contribution in [0.3, 0.4) is 0 Å². The summed E-state index contributed by atoms with van der Waals surface area (Å²) in [6.45, 7) is 7.84. The Hall–Kier alpha value is -0.830. The van der Waals surface area contributed by atoms with Crippen LogP contribution in [0.15, 0.2) is 12.2 Å². The van der Waals surface area contributed by atoms with E-state index in [0.29, 0.717) is 11.6 Å². The number of primary amides is 1. The summed E-state index contributed by atoms with van der Waals surface area (Å²) in [7, 11) is 3.98. The van der Waals surface area contributed by atoms with Crippen molar-refractivity contribution in [3.05, 3.63) is 12.2 Å². The largest absolute Gasteiger partial charge is 0.366 e. The summed E-state index contributed by atoms with van der Waals surface area (Å²) < 4.78 is 0. The fourth-order valence-corrected chi connectivity index (χ4v) is 1.42. The number of amides is 1. The van der Waals surface area contributed by atoms with Gasteiger partial charge >= 0.3 is 0 Å². The quantitative estimate of drug-likeness (QED) is 0.648. The molecule has 0 aliphatic carbocycles. The molecule has 0 fully saturated rings. The molecule has 0 aromatic heterocycles. The van der Waals surface area contributed by atoms with E-state index in [1.165, 1.54) is 0 Å². The fourth-order valence-electron chi connectivity index (χ4n) is 1.42. The lowest BCUT2D eigenvalue weighted by atomic mass is 9.90. The van der Waals surface area contributed by atoms with Crippen molar-refractivity contribution in [3.8, 4) is 0 Å². The number of carbonyl (C=O) groups is 1. The number of nitrogens with two attached hydrogens (primary N) is 1. The second-order valence-corrected chi connectivity index (χ2v) is 3.61. The van der Waals surface area contributed by atoms with E-state index in [1.807, 2.05) is 21.0 Å². The molecule has 0 aliphatic rings. The molecule has 1 amide bonds. The monoisotopic (exact) mass is 184 g/mol. The van der Waals surface area contributed by atoms with Crippen molar-refractivity contribution < 1.29 is 4.79 Å². The van der Waals surface area contributed by atoms with E-state index >= 15 is 0 Å². The van der Waals surface area contributed by atoms with Gasteiger partial charge < -0.3 is 10.6 Å². The summed E-state index contributed by atoms with van der Waals surface area (Å²) in [4.78, 5) is 13.0. The first-order chi connectivity index (χ1) is 5.91. The zero-order valence-electron chi connectivity index (χ0n) is 9.00. The molecule has 0 radical (unpaired) electrons. The van der Waals surface area contributed by atoms with Crippen LogP contribution in [0.4, 0.5) is 0 Å². The van der Waals surface area contributed by atoms with Crippen LogP contribution >= 0.6 is 0 Å². The Bertz CT molecular complexity index is 199. The first kappa shape index (κ1) is 12.2. The minimum absolute atomic E-state index is 0.160. The molecule has 0 saturated carbocycles. The highest BCUT2D eigenvalue weighted by atomic mass is 16.1. The maximum atomic E-state index is 10.9. The van der Waals surface area contributed by atoms with Gasteiger partial charge in [0.25, 0.3) is 0 Å². The van der Waals surface area contributed by atoms with E-state index in [9.17, 15) is 4.79 Å². The predicted molar refractivity (Wildman–Crippen MR) is 55.3 cm³/mol. The normalized spacial score (nSPS) is 15.5. The topological polar surface area (TPSA) is 46.3 Å². The summed E-state index contributed by atoms with van der Waals surface area (Å²) in [5, 5.41) is 0. The smallest absolute Gasteiger partial charge is 0.244 e. The molecule has 2 atom stereocenters. The first-order valence-corrected chi connectivity index (χ1v) is 4.56. The van der Waals surface area contributed by atoms with E-state index in [-0.39, 0.29) is 11.8 Å². The summed E-state index contributed by atoms with van der Waals surface area (Å²) in [5.41, 5.74) is 5.72. The van der Waals surface area contributed by atoms with Crippen molar-refractivity contribution in [1.29, 1.82) is 0 Å². The summed E-state index contributed by atoms with van der Waals surface area (Å²) in [5.74, 6) is -0.229. The highest BCUT2D eigenvalue weighted by Crippen LogP contribution is 2.20. The summed E-state index contributed by atoms with van der Waals surface area (Å²) in [6.07, 6.45) is 0.890. The molecular formula is C10H20N2O. The van der Waals surface area contributed by atoms with Crippen molar-refractivity contribution in [2.24, 2.45) is 11.7 Å². The van der Waals surface area contributed by atoms with Gasteiger partial charge in [-0.15, -0.1) is 0 Å². The van der Waals surface area contributed by atoms with Crippen LogP contribution in [0.25, 0.3) is 0 Å². The predicted octanol–water partition coefficient (Wildman–Crippen LogP) is 1.00. The number of hydrogen-bond donors (Lipinski definition) is 1. The molecule has 3 nitrogen and oxygen atoms in total. The number of nitrogens with zero attached hydrogens (tertiary/aromatic N) is 1. The van der Waals surface area contributed by atoms with Crippen LogP contribution in [0.5, 0.6) is 0 Å². The van der Waals surface area contributed by atoms with Crippen LogP contribution < -0.4 is 5.73 Å². The minimum atomic E-state index is -0.388. The first-order valence-electron chi connectivity index (χ1n) is 4.56. The van der Waals surface area contributed by atoms with Crippen molar-refractivity contribution in [2.45, 2.75) is 26.3 Å². The van der Waals surface area contributed by atoms with Crippen LogP contribution in [-0.4, -0.2) is 30.9 Å². The molecule has 0 rings (SSSR count). The molecule has 13 heavy (non-hydrogen) atoms. The molecule has 0 spiro atoms. The Morgan fingerprint density at radius 2 is 2.00 bits per heavy atom. The van der Waals surface area contributed by atoms with Gasteiger partial charge in [0.1, 0.15) is 0 Å². The Balaban J connectivity index is 4.50. The van der Waals surface area contributed by atoms with Gasteiger partial charge in [0, 0.05) is 17.5 Å². The SMILES string of the molecule is C=C(C(N)=O)C(CC)C(C)N(C)C. The van der Waals surface area contributed by atoms with Gasteiger partial charge in [-0.2, -0.15) is 0 Å². The highest BCUT2D eigenvalue weighted by molar-refractivity contribution is 5.91. The molecule has 0 aromatic rings. The average Bonchev–Trinajstić information content (AvgIpc) is 2.04. The molecule has 3 heteroatoms. The molecular weight excluding hydrogens is 164 g/mol. The number of hydrogen-bond acceptors (Lipinski definition) is 2. The molecule has 0 aromatic carbocycles. The van der Waals surface area contributed by atoms with Crippen LogP contribution in [0, 0.1) is 5.92 Å². The molecule has 76 valence electrons. The zero-order chi connectivity index (χ0) is 10.6. The minimum Gasteiger partial charge on any atom is -0.366 e. The fraction of sp³-hybridized carbons (Fsp3) is 0.700. The van der Waals surface area contributed by atoms with E-state index in [2.05, 4.69) is 18.4 Å². The molecule has 0 heterocycles. The second kappa shape index (κ2) is 5.02. The van der Waals surface area contributed by atoms with Crippen LogP contribution in [0.1, 0.15) is 20.3 Å². The standard InChI is InChI=1S/C10H20N2O/c1-6-9(7(2)10(11)13)8(3)12(4)5/h8-9H,2,6H2,1,3-5H3,(H2,11,13). The average molecular weight is 184 g/mol. The highest BCUT2D eigenvalue weighted by Gasteiger charge is 2.22. The molecule has 2 unspecified atom stereocenters. The third-order valence-corrected chi connectivity index (χ3v) is 2.60. The lowest BCUT2D eigenvalue weighted by molar-refractivity contribution is -0.115.